The molecular formula is C20H19ClF3N3O3. The predicted octanol–water partition coefficient (Wildman–Crippen LogP) is 4.07. The van der Waals surface area contributed by atoms with E-state index in [4.69, 9.17) is 16.3 Å². The molecule has 0 spiro atoms. The van der Waals surface area contributed by atoms with Crippen molar-refractivity contribution in [2.45, 2.75) is 44.7 Å². The van der Waals surface area contributed by atoms with Gasteiger partial charge in [-0.1, -0.05) is 11.6 Å². The number of nitrogens with one attached hydrogen (secondary N) is 1. The van der Waals surface area contributed by atoms with Crippen LogP contribution in [0.1, 0.15) is 48.4 Å². The van der Waals surface area contributed by atoms with Crippen LogP contribution in [-0.2, 0) is 4.79 Å². The zero-order valence-electron chi connectivity index (χ0n) is 16.1. The number of benzene rings is 1. The fourth-order valence-corrected chi connectivity index (χ4v) is 4.79. The maximum atomic E-state index is 13.4. The molecule has 0 radical (unpaired) electrons. The van der Waals surface area contributed by atoms with Gasteiger partial charge in [-0.2, -0.15) is 13.9 Å². The Labute approximate surface area is 175 Å². The number of ketones is 1. The van der Waals surface area contributed by atoms with Crippen molar-refractivity contribution >= 4 is 23.3 Å². The first-order chi connectivity index (χ1) is 14.1. The zero-order chi connectivity index (χ0) is 21.7. The summed E-state index contributed by atoms with van der Waals surface area (Å²) in [6.07, 6.45) is 1.96. The van der Waals surface area contributed by atoms with Crippen LogP contribution >= 0.6 is 11.6 Å². The molecule has 0 aliphatic heterocycles. The van der Waals surface area contributed by atoms with E-state index in [2.05, 4.69) is 10.4 Å². The molecule has 2 aromatic rings. The molecule has 1 aromatic carbocycles. The number of aromatic nitrogens is 2. The molecule has 2 bridgehead atoms. The van der Waals surface area contributed by atoms with Gasteiger partial charge in [0.25, 0.3) is 5.91 Å². The summed E-state index contributed by atoms with van der Waals surface area (Å²) in [4.78, 5) is 24.7. The molecule has 3 fully saturated rings. The number of carbonyl (C=O) groups excluding carboxylic acids is 2. The minimum atomic E-state index is -2.87. The molecule has 3 saturated carbocycles. The van der Waals surface area contributed by atoms with Crippen LogP contribution < -0.4 is 10.1 Å². The number of amides is 1. The molecule has 1 aromatic heterocycles. The van der Waals surface area contributed by atoms with Gasteiger partial charge in [-0.25, -0.2) is 9.07 Å². The maximum Gasteiger partial charge on any atom is 0.333 e. The van der Waals surface area contributed by atoms with Gasteiger partial charge in [0.05, 0.1) is 10.7 Å². The summed E-state index contributed by atoms with van der Waals surface area (Å²) in [5.41, 5.74) is -0.380. The summed E-state index contributed by atoms with van der Waals surface area (Å²) in [6, 6.07) is 5.27. The van der Waals surface area contributed by atoms with Crippen molar-refractivity contribution in [2.75, 3.05) is 6.61 Å². The molecule has 0 unspecified atom stereocenters. The third kappa shape index (κ3) is 3.78. The fraction of sp³-hybridized carbons (Fsp3) is 0.450. The van der Waals surface area contributed by atoms with Crippen molar-refractivity contribution in [3.63, 3.8) is 0 Å². The molecule has 0 saturated heterocycles. The van der Waals surface area contributed by atoms with Crippen LogP contribution in [0.3, 0.4) is 0 Å². The standard InChI is InChI=1S/C20H19ClF3N3O3/c1-11-4-15(27(26-11)18(23)24)16(28)6-19-8-20(9-19,10-19)25-17(29)7-30-12-2-3-13(21)14(22)5-12/h2-5,18H,6-10H2,1H3,(H,25,29). The van der Waals surface area contributed by atoms with Crippen molar-refractivity contribution < 1.29 is 27.5 Å². The van der Waals surface area contributed by atoms with Gasteiger partial charge >= 0.3 is 6.55 Å². The highest BCUT2D eigenvalue weighted by Crippen LogP contribution is 2.69. The number of alkyl halides is 2. The van der Waals surface area contributed by atoms with Crippen LogP contribution in [0, 0.1) is 18.2 Å². The summed E-state index contributed by atoms with van der Waals surface area (Å²) < 4.78 is 45.2. The maximum absolute atomic E-state index is 13.4. The number of hydrogen-bond acceptors (Lipinski definition) is 4. The predicted molar refractivity (Wildman–Crippen MR) is 101 cm³/mol. The Morgan fingerprint density at radius 3 is 2.63 bits per heavy atom. The van der Waals surface area contributed by atoms with Crippen LogP contribution in [0.15, 0.2) is 24.3 Å². The molecule has 1 amide bonds. The Kier molecular flexibility index (Phi) is 5.04. The van der Waals surface area contributed by atoms with Gasteiger partial charge in [0, 0.05) is 18.0 Å². The second kappa shape index (κ2) is 7.30. The van der Waals surface area contributed by atoms with E-state index in [9.17, 15) is 22.8 Å². The molecule has 5 rings (SSSR count). The number of halogens is 4. The highest BCUT2D eigenvalue weighted by Gasteiger charge is 2.68. The molecule has 3 aliphatic carbocycles. The second-order valence-electron chi connectivity index (χ2n) is 8.22. The lowest BCUT2D eigenvalue weighted by atomic mass is 9.38. The van der Waals surface area contributed by atoms with Crippen molar-refractivity contribution in [2.24, 2.45) is 5.41 Å². The topological polar surface area (TPSA) is 73.2 Å². The monoisotopic (exact) mass is 441 g/mol. The van der Waals surface area contributed by atoms with E-state index in [1.165, 1.54) is 18.2 Å². The highest BCUT2D eigenvalue weighted by atomic mass is 35.5. The number of nitrogens with zero attached hydrogens (tertiary/aromatic N) is 2. The van der Waals surface area contributed by atoms with Crippen LogP contribution in [-0.4, -0.2) is 33.6 Å². The quantitative estimate of drug-likeness (QED) is 0.627. The molecule has 3 aliphatic rings. The largest absolute Gasteiger partial charge is 0.484 e. The van der Waals surface area contributed by atoms with E-state index >= 15 is 0 Å². The van der Waals surface area contributed by atoms with Gasteiger partial charge in [-0.05, 0) is 49.8 Å². The normalized spacial score (nSPS) is 24.2. The first-order valence-electron chi connectivity index (χ1n) is 9.37. The molecule has 1 N–H and O–H groups in total. The molecule has 10 heteroatoms. The molecule has 160 valence electrons. The van der Waals surface area contributed by atoms with Crippen molar-refractivity contribution in [3.8, 4) is 5.75 Å². The molecular weight excluding hydrogens is 423 g/mol. The molecule has 0 atom stereocenters. The smallest absolute Gasteiger partial charge is 0.333 e. The van der Waals surface area contributed by atoms with E-state index < -0.39 is 12.4 Å². The average Bonchev–Trinajstić information content (AvgIpc) is 3.02. The Morgan fingerprint density at radius 1 is 1.30 bits per heavy atom. The van der Waals surface area contributed by atoms with Gasteiger partial charge in [0.15, 0.2) is 12.4 Å². The van der Waals surface area contributed by atoms with E-state index in [0.717, 1.165) is 6.07 Å². The summed E-state index contributed by atoms with van der Waals surface area (Å²) in [5, 5.41) is 6.53. The Hall–Kier alpha value is -2.55. The Morgan fingerprint density at radius 2 is 2.00 bits per heavy atom. The highest BCUT2D eigenvalue weighted by molar-refractivity contribution is 6.30. The number of carbonyl (C=O) groups is 2. The number of aryl methyl sites for hydroxylation is 1. The summed E-state index contributed by atoms with van der Waals surface area (Å²) >= 11 is 5.60. The van der Waals surface area contributed by atoms with Gasteiger partial charge < -0.3 is 10.1 Å². The van der Waals surface area contributed by atoms with Gasteiger partial charge in [0.1, 0.15) is 17.3 Å². The van der Waals surface area contributed by atoms with Crippen LogP contribution in [0.5, 0.6) is 5.75 Å². The third-order valence-corrected chi connectivity index (χ3v) is 5.98. The molecule has 6 nitrogen and oxygen atoms in total. The first-order valence-corrected chi connectivity index (χ1v) is 9.75. The lowest BCUT2D eigenvalue weighted by Crippen LogP contribution is -2.75. The lowest BCUT2D eigenvalue weighted by molar-refractivity contribution is -0.164. The van der Waals surface area contributed by atoms with Crippen LogP contribution in [0.25, 0.3) is 0 Å². The summed E-state index contributed by atoms with van der Waals surface area (Å²) in [6.45, 7) is -1.59. The van der Waals surface area contributed by atoms with Gasteiger partial charge in [0.2, 0.25) is 0 Å². The molecule has 1 heterocycles. The number of hydrogen-bond donors (Lipinski definition) is 1. The average molecular weight is 442 g/mol. The van der Waals surface area contributed by atoms with Crippen molar-refractivity contribution in [1.29, 1.82) is 0 Å². The number of rotatable bonds is 8. The van der Waals surface area contributed by atoms with E-state index in [1.54, 1.807) is 6.92 Å². The zero-order valence-corrected chi connectivity index (χ0v) is 16.8. The van der Waals surface area contributed by atoms with E-state index in [-0.39, 0.29) is 52.1 Å². The number of Topliss-reactive ketones (excluding diaryl/α,β-unsaturated/α-hetero) is 1. The minimum absolute atomic E-state index is 0.0349. The summed E-state index contributed by atoms with van der Waals surface area (Å²) in [7, 11) is 0. The van der Waals surface area contributed by atoms with Crippen molar-refractivity contribution in [3.05, 3.63) is 46.5 Å². The third-order valence-electron chi connectivity index (χ3n) is 5.67. The lowest BCUT2D eigenvalue weighted by Gasteiger charge is -2.70. The Balaban J connectivity index is 1.27. The van der Waals surface area contributed by atoms with E-state index in [1.807, 2.05) is 0 Å². The Bertz CT molecular complexity index is 1000. The van der Waals surface area contributed by atoms with Gasteiger partial charge in [-0.3, -0.25) is 9.59 Å². The number of ether oxygens (including phenoxy) is 1. The first kappa shape index (κ1) is 20.7. The molecule has 30 heavy (non-hydrogen) atoms. The fourth-order valence-electron chi connectivity index (χ4n) is 4.67. The van der Waals surface area contributed by atoms with E-state index in [0.29, 0.717) is 29.6 Å². The summed E-state index contributed by atoms with van der Waals surface area (Å²) in [5.74, 6) is -1.17. The van der Waals surface area contributed by atoms with Crippen LogP contribution in [0.4, 0.5) is 13.2 Å². The van der Waals surface area contributed by atoms with Gasteiger partial charge in [-0.15, -0.1) is 0 Å². The SMILES string of the molecule is Cc1cc(C(=O)CC23CC(NC(=O)COc4ccc(Cl)c(F)c4)(C2)C3)n(C(F)F)n1. The van der Waals surface area contributed by atoms with Crippen LogP contribution in [0.2, 0.25) is 5.02 Å². The minimum Gasteiger partial charge on any atom is -0.484 e. The van der Waals surface area contributed by atoms with Crippen molar-refractivity contribution in [1.82, 2.24) is 15.1 Å². The second-order valence-corrected chi connectivity index (χ2v) is 8.62.